The first-order valence-corrected chi connectivity index (χ1v) is 5.91. The van der Waals surface area contributed by atoms with Crippen molar-refractivity contribution >= 4 is 5.91 Å². The highest BCUT2D eigenvalue weighted by Crippen LogP contribution is 2.11. The van der Waals surface area contributed by atoms with E-state index < -0.39 is 0 Å². The second-order valence-corrected chi connectivity index (χ2v) is 3.87. The van der Waals surface area contributed by atoms with Crippen LogP contribution in [0.2, 0.25) is 0 Å². The first kappa shape index (κ1) is 15.4. The van der Waals surface area contributed by atoms with Gasteiger partial charge in [0.05, 0.1) is 25.2 Å². The van der Waals surface area contributed by atoms with E-state index in [0.717, 1.165) is 0 Å². The number of nitrogens with zero attached hydrogens (tertiary/aromatic N) is 3. The van der Waals surface area contributed by atoms with Gasteiger partial charge in [0.1, 0.15) is 12.4 Å². The van der Waals surface area contributed by atoms with Crippen LogP contribution in [0.4, 0.5) is 0 Å². The van der Waals surface area contributed by atoms with Crippen molar-refractivity contribution in [2.24, 2.45) is 5.84 Å². The average Bonchev–Trinajstić information content (AvgIpc) is 2.47. The molecule has 0 unspecified atom stereocenters. The van der Waals surface area contributed by atoms with Crippen molar-refractivity contribution < 1.29 is 9.53 Å². The number of carbonyl (C=O) groups excluding carboxylic acids is 1. The highest BCUT2D eigenvalue weighted by Gasteiger charge is 2.05. The third-order valence-corrected chi connectivity index (χ3v) is 2.51. The summed E-state index contributed by atoms with van der Waals surface area (Å²) in [4.78, 5) is 12.9. The molecular weight excluding hydrogens is 258 g/mol. The summed E-state index contributed by atoms with van der Waals surface area (Å²) in [5, 5.41) is 17.2. The van der Waals surface area contributed by atoms with Gasteiger partial charge in [0.15, 0.2) is 0 Å². The summed E-state index contributed by atoms with van der Waals surface area (Å²) in [6.45, 7) is 1.21. The number of nitrogens with two attached hydrogens (primary N) is 1. The quantitative estimate of drug-likeness (QED) is 0.313. The fraction of sp³-hybridized carbons (Fsp3) is 0.308. The van der Waals surface area contributed by atoms with Gasteiger partial charge in [-0.2, -0.15) is 10.5 Å². The van der Waals surface area contributed by atoms with Crippen LogP contribution in [-0.4, -0.2) is 37.0 Å². The first-order chi connectivity index (χ1) is 9.71. The smallest absolute Gasteiger partial charge is 0.265 e. The van der Waals surface area contributed by atoms with Crippen molar-refractivity contribution in [3.63, 3.8) is 0 Å². The molecule has 0 spiro atoms. The summed E-state index contributed by atoms with van der Waals surface area (Å²) < 4.78 is 5.47. The van der Waals surface area contributed by atoms with Crippen LogP contribution < -0.4 is 16.0 Å². The van der Waals surface area contributed by atoms with Crippen LogP contribution in [0, 0.1) is 22.7 Å². The second-order valence-electron chi connectivity index (χ2n) is 3.87. The lowest BCUT2D eigenvalue weighted by Gasteiger charge is -2.15. The molecule has 1 amide bonds. The Kier molecular flexibility index (Phi) is 6.55. The fourth-order valence-corrected chi connectivity index (χ4v) is 1.49. The lowest BCUT2D eigenvalue weighted by Crippen LogP contribution is -2.30. The van der Waals surface area contributed by atoms with Gasteiger partial charge in [0, 0.05) is 12.1 Å². The third-order valence-electron chi connectivity index (χ3n) is 2.51. The van der Waals surface area contributed by atoms with Crippen LogP contribution in [0.3, 0.4) is 0 Å². The average molecular weight is 273 g/mol. The van der Waals surface area contributed by atoms with Crippen LogP contribution in [0.1, 0.15) is 10.4 Å². The Morgan fingerprint density at radius 1 is 1.25 bits per heavy atom. The molecule has 0 aromatic heterocycles. The number of nitrogens with one attached hydrogen (secondary N) is 1. The van der Waals surface area contributed by atoms with Crippen molar-refractivity contribution in [3.8, 4) is 17.9 Å². The highest BCUT2D eigenvalue weighted by molar-refractivity contribution is 5.93. The van der Waals surface area contributed by atoms with E-state index in [-0.39, 0.29) is 19.0 Å². The molecule has 3 N–H and O–H groups in total. The van der Waals surface area contributed by atoms with Crippen LogP contribution in [0.5, 0.6) is 5.75 Å². The molecule has 0 aliphatic rings. The van der Waals surface area contributed by atoms with Crippen LogP contribution in [-0.2, 0) is 0 Å². The molecule has 20 heavy (non-hydrogen) atoms. The van der Waals surface area contributed by atoms with Gasteiger partial charge in [-0.3, -0.25) is 15.1 Å². The molecule has 0 aliphatic carbocycles. The van der Waals surface area contributed by atoms with E-state index in [1.54, 1.807) is 29.2 Å². The lowest BCUT2D eigenvalue weighted by atomic mass is 10.2. The second kappa shape index (κ2) is 8.48. The van der Waals surface area contributed by atoms with Crippen molar-refractivity contribution in [2.75, 3.05) is 26.2 Å². The predicted octanol–water partition coefficient (Wildman–Crippen LogP) is 0.0181. The predicted molar refractivity (Wildman–Crippen MR) is 71.3 cm³/mol. The van der Waals surface area contributed by atoms with E-state index in [0.29, 0.717) is 24.5 Å². The summed E-state index contributed by atoms with van der Waals surface area (Å²) in [6, 6.07) is 10.5. The van der Waals surface area contributed by atoms with Crippen molar-refractivity contribution in [2.45, 2.75) is 0 Å². The Bertz CT molecular complexity index is 499. The molecule has 0 saturated heterocycles. The Morgan fingerprint density at radius 2 is 1.85 bits per heavy atom. The minimum atomic E-state index is -0.370. The Morgan fingerprint density at radius 3 is 2.35 bits per heavy atom. The molecule has 7 nitrogen and oxygen atoms in total. The summed E-state index contributed by atoms with van der Waals surface area (Å²) in [6.07, 6.45) is 0. The fourth-order valence-electron chi connectivity index (χ4n) is 1.49. The minimum absolute atomic E-state index is 0.187. The number of rotatable bonds is 7. The van der Waals surface area contributed by atoms with Gasteiger partial charge >= 0.3 is 0 Å². The number of hydrogen-bond donors (Lipinski definition) is 2. The number of amides is 1. The van der Waals surface area contributed by atoms with E-state index in [1.165, 1.54) is 0 Å². The first-order valence-electron chi connectivity index (χ1n) is 5.91. The van der Waals surface area contributed by atoms with Crippen LogP contribution in [0.25, 0.3) is 0 Å². The number of carbonyl (C=O) groups is 1. The molecule has 1 rings (SSSR count). The molecule has 1 aromatic carbocycles. The molecule has 0 saturated carbocycles. The number of hydrogen-bond acceptors (Lipinski definition) is 6. The van der Waals surface area contributed by atoms with Gasteiger partial charge in [-0.25, -0.2) is 5.84 Å². The van der Waals surface area contributed by atoms with Gasteiger partial charge in [-0.1, -0.05) is 0 Å². The van der Waals surface area contributed by atoms with E-state index >= 15 is 0 Å². The molecular formula is C13H15N5O2. The number of hydrazine groups is 1. The number of ether oxygens (including phenoxy) is 1. The lowest BCUT2D eigenvalue weighted by molar-refractivity contribution is 0.0953. The number of nitrogen functional groups attached to an aromatic ring is 1. The summed E-state index contributed by atoms with van der Waals surface area (Å²) in [5.74, 6) is 5.26. The van der Waals surface area contributed by atoms with Gasteiger partial charge in [-0.15, -0.1) is 0 Å². The highest BCUT2D eigenvalue weighted by atomic mass is 16.5. The SMILES string of the molecule is N#CCN(CC#N)CCOc1ccc(C(=O)NN)cc1. The Balaban J connectivity index is 2.44. The van der Waals surface area contributed by atoms with Gasteiger partial charge in [0.25, 0.3) is 5.91 Å². The largest absolute Gasteiger partial charge is 0.492 e. The number of benzene rings is 1. The van der Waals surface area contributed by atoms with Crippen LogP contribution in [0.15, 0.2) is 24.3 Å². The van der Waals surface area contributed by atoms with Gasteiger partial charge in [-0.05, 0) is 24.3 Å². The third kappa shape index (κ3) is 4.94. The zero-order chi connectivity index (χ0) is 14.8. The van der Waals surface area contributed by atoms with Gasteiger partial charge in [0.2, 0.25) is 0 Å². The zero-order valence-electron chi connectivity index (χ0n) is 10.9. The topological polar surface area (TPSA) is 115 Å². The maximum absolute atomic E-state index is 11.2. The zero-order valence-corrected chi connectivity index (χ0v) is 10.9. The van der Waals surface area contributed by atoms with Crippen molar-refractivity contribution in [3.05, 3.63) is 29.8 Å². The van der Waals surface area contributed by atoms with E-state index in [9.17, 15) is 4.79 Å². The Hall–Kier alpha value is -2.61. The molecule has 0 radical (unpaired) electrons. The summed E-state index contributed by atoms with van der Waals surface area (Å²) in [5.41, 5.74) is 2.48. The molecule has 7 heteroatoms. The molecule has 0 bridgehead atoms. The maximum Gasteiger partial charge on any atom is 0.265 e. The number of nitriles is 2. The molecule has 0 atom stereocenters. The molecule has 0 aliphatic heterocycles. The molecule has 104 valence electrons. The van der Waals surface area contributed by atoms with E-state index in [1.807, 2.05) is 17.6 Å². The van der Waals surface area contributed by atoms with Crippen molar-refractivity contribution in [1.29, 1.82) is 10.5 Å². The molecule has 1 aromatic rings. The summed E-state index contributed by atoms with van der Waals surface area (Å²) in [7, 11) is 0. The summed E-state index contributed by atoms with van der Waals surface area (Å²) >= 11 is 0. The van der Waals surface area contributed by atoms with E-state index in [4.69, 9.17) is 21.1 Å². The molecule has 0 fully saturated rings. The maximum atomic E-state index is 11.2. The standard InChI is InChI=1S/C13H15N5O2/c14-5-7-18(8-6-15)9-10-20-12-3-1-11(2-4-12)13(19)17-16/h1-4H,7-10,16H2,(H,17,19). The minimum Gasteiger partial charge on any atom is -0.492 e. The Labute approximate surface area is 117 Å². The molecule has 0 heterocycles. The van der Waals surface area contributed by atoms with Crippen molar-refractivity contribution in [1.82, 2.24) is 10.3 Å². The monoisotopic (exact) mass is 273 g/mol. The van der Waals surface area contributed by atoms with Crippen LogP contribution >= 0.6 is 0 Å². The normalized spacial score (nSPS) is 9.60. The van der Waals surface area contributed by atoms with Gasteiger partial charge < -0.3 is 4.74 Å². The van der Waals surface area contributed by atoms with E-state index in [2.05, 4.69) is 0 Å².